The van der Waals surface area contributed by atoms with E-state index in [0.717, 1.165) is 29.9 Å². The number of imidazole rings is 1. The van der Waals surface area contributed by atoms with Gasteiger partial charge in [-0.25, -0.2) is 4.98 Å². The van der Waals surface area contributed by atoms with Crippen molar-refractivity contribution in [2.75, 3.05) is 18.8 Å². The maximum atomic E-state index is 12.2. The van der Waals surface area contributed by atoms with Crippen molar-refractivity contribution in [1.82, 2.24) is 14.5 Å². The van der Waals surface area contributed by atoms with E-state index in [0.29, 0.717) is 12.2 Å². The molecule has 1 heterocycles. The molecule has 0 saturated heterocycles. The molecule has 2 rings (SSSR count). The summed E-state index contributed by atoms with van der Waals surface area (Å²) < 4.78 is 1.94. The number of nitrogens with two attached hydrogens (primary N) is 1. The van der Waals surface area contributed by atoms with E-state index in [-0.39, 0.29) is 5.91 Å². The second-order valence-electron chi connectivity index (χ2n) is 4.56. The lowest BCUT2D eigenvalue weighted by molar-refractivity contribution is -0.131. The molecule has 5 nitrogen and oxygen atoms in total. The molecular formula is C14H20N4O. The molecule has 19 heavy (non-hydrogen) atoms. The highest BCUT2D eigenvalue weighted by atomic mass is 16.2. The van der Waals surface area contributed by atoms with Crippen molar-refractivity contribution in [1.29, 1.82) is 0 Å². The molecule has 0 bridgehead atoms. The number of aryl methyl sites for hydroxylation is 1. The van der Waals surface area contributed by atoms with Gasteiger partial charge in [-0.1, -0.05) is 0 Å². The van der Waals surface area contributed by atoms with Gasteiger partial charge in [0.15, 0.2) is 0 Å². The van der Waals surface area contributed by atoms with Crippen LogP contribution in [0.4, 0.5) is 5.69 Å². The fourth-order valence-electron chi connectivity index (χ4n) is 2.28. The van der Waals surface area contributed by atoms with Gasteiger partial charge in [-0.15, -0.1) is 0 Å². The van der Waals surface area contributed by atoms with Crippen molar-refractivity contribution in [3.05, 3.63) is 24.0 Å². The standard InChI is InChI=1S/C14H20N4O/c1-4-17(5-2)14(19)9-18-10(3)16-12-8-11(15)6-7-13(12)18/h6-8H,4-5,9,15H2,1-3H3. The van der Waals surface area contributed by atoms with Crippen LogP contribution in [0.25, 0.3) is 11.0 Å². The lowest BCUT2D eigenvalue weighted by Gasteiger charge is -2.19. The molecular weight excluding hydrogens is 240 g/mol. The Kier molecular flexibility index (Phi) is 3.74. The van der Waals surface area contributed by atoms with Gasteiger partial charge in [0.25, 0.3) is 0 Å². The van der Waals surface area contributed by atoms with Crippen molar-refractivity contribution in [2.24, 2.45) is 0 Å². The number of benzene rings is 1. The smallest absolute Gasteiger partial charge is 0.242 e. The highest BCUT2D eigenvalue weighted by Gasteiger charge is 2.14. The normalized spacial score (nSPS) is 10.9. The summed E-state index contributed by atoms with van der Waals surface area (Å²) in [5.41, 5.74) is 8.23. The van der Waals surface area contributed by atoms with E-state index in [4.69, 9.17) is 5.73 Å². The topological polar surface area (TPSA) is 64.2 Å². The summed E-state index contributed by atoms with van der Waals surface area (Å²) in [7, 11) is 0. The van der Waals surface area contributed by atoms with Crippen LogP contribution in [0.5, 0.6) is 0 Å². The summed E-state index contributed by atoms with van der Waals surface area (Å²) in [6, 6.07) is 5.59. The second-order valence-corrected chi connectivity index (χ2v) is 4.56. The molecule has 2 aromatic rings. The van der Waals surface area contributed by atoms with Crippen LogP contribution in [0, 0.1) is 6.92 Å². The lowest BCUT2D eigenvalue weighted by atomic mass is 10.3. The molecule has 0 aliphatic rings. The third-order valence-corrected chi connectivity index (χ3v) is 3.37. The highest BCUT2D eigenvalue weighted by molar-refractivity contribution is 5.83. The van der Waals surface area contributed by atoms with Gasteiger partial charge >= 0.3 is 0 Å². The Hall–Kier alpha value is -2.04. The fourth-order valence-corrected chi connectivity index (χ4v) is 2.28. The number of carbonyl (C=O) groups excluding carboxylic acids is 1. The summed E-state index contributed by atoms with van der Waals surface area (Å²) in [6.07, 6.45) is 0. The average Bonchev–Trinajstić information content (AvgIpc) is 2.66. The molecule has 1 aromatic heterocycles. The van der Waals surface area contributed by atoms with Crippen molar-refractivity contribution in [3.63, 3.8) is 0 Å². The van der Waals surface area contributed by atoms with Gasteiger partial charge in [-0.05, 0) is 39.0 Å². The Morgan fingerprint density at radius 1 is 1.37 bits per heavy atom. The number of nitrogens with zero attached hydrogens (tertiary/aromatic N) is 3. The summed E-state index contributed by atoms with van der Waals surface area (Å²) in [5, 5.41) is 0. The molecule has 0 aliphatic heterocycles. The first-order chi connectivity index (χ1) is 9.06. The maximum Gasteiger partial charge on any atom is 0.242 e. The van der Waals surface area contributed by atoms with E-state index in [1.165, 1.54) is 0 Å². The second kappa shape index (κ2) is 5.30. The zero-order valence-electron chi connectivity index (χ0n) is 11.7. The molecule has 1 aromatic carbocycles. The molecule has 0 fully saturated rings. The molecule has 102 valence electrons. The van der Waals surface area contributed by atoms with E-state index in [2.05, 4.69) is 4.98 Å². The van der Waals surface area contributed by atoms with E-state index in [1.54, 1.807) is 0 Å². The van der Waals surface area contributed by atoms with Crippen LogP contribution in [0.1, 0.15) is 19.7 Å². The van der Waals surface area contributed by atoms with Crippen molar-refractivity contribution in [2.45, 2.75) is 27.3 Å². The lowest BCUT2D eigenvalue weighted by Crippen LogP contribution is -2.33. The number of aromatic nitrogens is 2. The van der Waals surface area contributed by atoms with E-state index in [1.807, 2.05) is 48.4 Å². The Bertz CT molecular complexity index is 599. The summed E-state index contributed by atoms with van der Waals surface area (Å²) >= 11 is 0. The summed E-state index contributed by atoms with van der Waals surface area (Å²) in [5.74, 6) is 0.949. The Morgan fingerprint density at radius 3 is 2.68 bits per heavy atom. The summed E-state index contributed by atoms with van der Waals surface area (Å²) in [6.45, 7) is 7.67. The first-order valence-electron chi connectivity index (χ1n) is 6.57. The largest absolute Gasteiger partial charge is 0.399 e. The number of hydrogen-bond donors (Lipinski definition) is 1. The van der Waals surface area contributed by atoms with Gasteiger partial charge in [-0.3, -0.25) is 4.79 Å². The number of nitrogen functional groups attached to an aromatic ring is 1. The fraction of sp³-hybridized carbons (Fsp3) is 0.429. The minimum Gasteiger partial charge on any atom is -0.399 e. The quantitative estimate of drug-likeness (QED) is 0.852. The Balaban J connectivity index is 2.35. The minimum atomic E-state index is 0.115. The number of rotatable bonds is 4. The van der Waals surface area contributed by atoms with Crippen LogP contribution in [-0.2, 0) is 11.3 Å². The van der Waals surface area contributed by atoms with Crippen LogP contribution >= 0.6 is 0 Å². The zero-order valence-corrected chi connectivity index (χ0v) is 11.7. The summed E-state index contributed by atoms with van der Waals surface area (Å²) in [4.78, 5) is 18.5. The monoisotopic (exact) mass is 260 g/mol. The van der Waals surface area contributed by atoms with Gasteiger partial charge in [0.2, 0.25) is 5.91 Å². The molecule has 0 saturated carbocycles. The minimum absolute atomic E-state index is 0.115. The first kappa shape index (κ1) is 13.4. The van der Waals surface area contributed by atoms with Crippen LogP contribution in [0.2, 0.25) is 0 Å². The predicted molar refractivity (Wildman–Crippen MR) is 76.8 cm³/mol. The highest BCUT2D eigenvalue weighted by Crippen LogP contribution is 2.18. The molecule has 2 N–H and O–H groups in total. The Labute approximate surface area is 113 Å². The number of anilines is 1. The van der Waals surface area contributed by atoms with E-state index >= 15 is 0 Å². The first-order valence-corrected chi connectivity index (χ1v) is 6.57. The molecule has 0 spiro atoms. The SMILES string of the molecule is CCN(CC)C(=O)Cn1c(C)nc2cc(N)ccc21. The van der Waals surface area contributed by atoms with E-state index < -0.39 is 0 Å². The maximum absolute atomic E-state index is 12.2. The predicted octanol–water partition coefficient (Wildman–Crippen LogP) is 1.80. The van der Waals surface area contributed by atoms with Gasteiger partial charge in [0.05, 0.1) is 11.0 Å². The molecule has 0 unspecified atom stereocenters. The molecule has 0 radical (unpaired) electrons. The van der Waals surface area contributed by atoms with Gasteiger partial charge in [-0.2, -0.15) is 0 Å². The molecule has 0 atom stereocenters. The number of likely N-dealkylation sites (N-methyl/N-ethyl adjacent to an activating group) is 1. The van der Waals surface area contributed by atoms with Gasteiger partial charge in [0.1, 0.15) is 12.4 Å². The number of carbonyl (C=O) groups is 1. The van der Waals surface area contributed by atoms with Gasteiger partial charge in [0, 0.05) is 18.8 Å². The third kappa shape index (κ3) is 2.54. The van der Waals surface area contributed by atoms with E-state index in [9.17, 15) is 4.79 Å². The number of hydrogen-bond acceptors (Lipinski definition) is 3. The van der Waals surface area contributed by atoms with Crippen molar-refractivity contribution in [3.8, 4) is 0 Å². The van der Waals surface area contributed by atoms with Crippen molar-refractivity contribution >= 4 is 22.6 Å². The number of fused-ring (bicyclic) bond motifs is 1. The average molecular weight is 260 g/mol. The zero-order chi connectivity index (χ0) is 14.0. The number of amides is 1. The van der Waals surface area contributed by atoms with Crippen LogP contribution in [0.3, 0.4) is 0 Å². The molecule has 1 amide bonds. The van der Waals surface area contributed by atoms with Gasteiger partial charge < -0.3 is 15.2 Å². The van der Waals surface area contributed by atoms with Crippen LogP contribution in [0.15, 0.2) is 18.2 Å². The third-order valence-electron chi connectivity index (χ3n) is 3.37. The van der Waals surface area contributed by atoms with Crippen LogP contribution < -0.4 is 5.73 Å². The molecule has 0 aliphatic carbocycles. The Morgan fingerprint density at radius 2 is 2.05 bits per heavy atom. The molecule has 5 heteroatoms. The van der Waals surface area contributed by atoms with Crippen molar-refractivity contribution < 1.29 is 4.79 Å². The van der Waals surface area contributed by atoms with Crippen LogP contribution in [-0.4, -0.2) is 33.4 Å².